The maximum atomic E-state index is 7.32. The first-order valence-corrected chi connectivity index (χ1v) is 12.5. The first-order chi connectivity index (χ1) is 16.3. The van der Waals surface area contributed by atoms with Crippen molar-refractivity contribution in [2.75, 3.05) is 0 Å². The Labute approximate surface area is 217 Å². The minimum absolute atomic E-state index is 0.328. The van der Waals surface area contributed by atoms with E-state index in [1.807, 2.05) is 48.5 Å². The molecule has 0 aliphatic carbocycles. The summed E-state index contributed by atoms with van der Waals surface area (Å²) in [5.41, 5.74) is -0.656. The Morgan fingerprint density at radius 1 is 0.500 bits per heavy atom. The van der Waals surface area contributed by atoms with Crippen LogP contribution in [0.25, 0.3) is 0 Å². The lowest BCUT2D eigenvalue weighted by molar-refractivity contribution is -0.542. The lowest BCUT2D eigenvalue weighted by Gasteiger charge is -2.29. The van der Waals surface area contributed by atoms with E-state index in [1.165, 1.54) is 6.92 Å². The molecule has 2 heterocycles. The highest BCUT2D eigenvalue weighted by Crippen LogP contribution is 2.33. The molecule has 0 aromatic carbocycles. The molecule has 2 aliphatic heterocycles. The lowest BCUT2D eigenvalue weighted by Crippen LogP contribution is -2.37. The van der Waals surface area contributed by atoms with Crippen molar-refractivity contribution in [1.29, 1.82) is 5.26 Å². The molecule has 2 aliphatic rings. The number of rotatable bonds is 3. The summed E-state index contributed by atoms with van der Waals surface area (Å²) in [6, 6.07) is 1.75. The fraction of sp³-hybridized carbons (Fsp3) is 0.960. The fourth-order valence-electron chi connectivity index (χ4n) is 2.05. The van der Waals surface area contributed by atoms with E-state index < -0.39 is 23.1 Å². The SMILES string of the molecule is CC#N.CC1(C)CCC(C)(C)OOC(C)(C)OO1.CCC1(C)OOC(C)(CC)OOC(C)(CC)OO1. The summed E-state index contributed by atoms with van der Waals surface area (Å²) < 4.78 is 0. The third-order valence-corrected chi connectivity index (χ3v) is 5.37. The van der Waals surface area contributed by atoms with Crippen molar-refractivity contribution in [2.24, 2.45) is 0 Å². The molecule has 0 aromatic rings. The largest absolute Gasteiger partial charge is 0.231 e. The zero-order valence-electron chi connectivity index (χ0n) is 24.6. The van der Waals surface area contributed by atoms with Crippen molar-refractivity contribution in [3.05, 3.63) is 0 Å². The van der Waals surface area contributed by atoms with Crippen molar-refractivity contribution in [3.8, 4) is 6.07 Å². The van der Waals surface area contributed by atoms with Gasteiger partial charge in [0.25, 0.3) is 0 Å². The first kappa shape index (κ1) is 35.1. The summed E-state index contributed by atoms with van der Waals surface area (Å²) in [4.78, 5) is 52.9. The van der Waals surface area contributed by atoms with Gasteiger partial charge in [0.2, 0.25) is 23.1 Å². The molecule has 11 heteroatoms. The number of nitriles is 1. The topological polar surface area (TPSA) is 116 Å². The summed E-state index contributed by atoms with van der Waals surface area (Å²) in [7, 11) is 0. The summed E-state index contributed by atoms with van der Waals surface area (Å²) in [5, 5.41) is 7.32. The van der Waals surface area contributed by atoms with Gasteiger partial charge < -0.3 is 0 Å². The molecule has 2 fully saturated rings. The van der Waals surface area contributed by atoms with Crippen LogP contribution >= 0.6 is 0 Å². The van der Waals surface area contributed by atoms with Crippen LogP contribution in [0.4, 0.5) is 0 Å². The molecule has 0 N–H and O–H groups in total. The zero-order valence-corrected chi connectivity index (χ0v) is 24.6. The second kappa shape index (κ2) is 14.3. The van der Waals surface area contributed by atoms with Crippen LogP contribution in [0.1, 0.15) is 122 Å². The highest BCUT2D eigenvalue weighted by Gasteiger charge is 2.42. The standard InChI is InChI=1S/C12H24O6.C11H22O4.C2H3N/c1-7-10(4)13-15-11(5,8-2)17-18-12(6,9-3)16-14-10;1-9(2)7-8-10(3,4)13-15-11(5,6)14-12-9;1-2-3/h7-9H2,1-6H3;7-8H2,1-6H3;1H3. The average Bonchev–Trinajstić information content (AvgIpc) is 2.89. The monoisotopic (exact) mass is 523 g/mol. The second-order valence-corrected chi connectivity index (χ2v) is 10.9. The second-order valence-electron chi connectivity index (χ2n) is 10.9. The van der Waals surface area contributed by atoms with Crippen LogP contribution in [0.2, 0.25) is 0 Å². The third-order valence-electron chi connectivity index (χ3n) is 5.37. The molecule has 36 heavy (non-hydrogen) atoms. The molecule has 2 rings (SSSR count). The fourth-order valence-corrected chi connectivity index (χ4v) is 2.05. The molecule has 0 bridgehead atoms. The molecule has 0 aromatic heterocycles. The summed E-state index contributed by atoms with van der Waals surface area (Å²) in [5.74, 6) is -3.92. The molecule has 0 amide bonds. The molecule has 2 saturated heterocycles. The summed E-state index contributed by atoms with van der Waals surface area (Å²) in [6.45, 7) is 23.8. The first-order valence-electron chi connectivity index (χ1n) is 12.5. The Morgan fingerprint density at radius 2 is 0.722 bits per heavy atom. The van der Waals surface area contributed by atoms with Gasteiger partial charge in [-0.3, -0.25) is 0 Å². The number of hydrogen-bond donors (Lipinski definition) is 0. The van der Waals surface area contributed by atoms with Gasteiger partial charge in [-0.05, 0) is 75.2 Å². The smallest absolute Gasteiger partial charge is 0.228 e. The Kier molecular flexibility index (Phi) is 13.9. The van der Waals surface area contributed by atoms with Gasteiger partial charge in [-0.2, -0.15) is 44.4 Å². The number of hydrogen-bond acceptors (Lipinski definition) is 11. The van der Waals surface area contributed by atoms with Gasteiger partial charge in [-0.25, -0.2) is 9.78 Å². The molecular formula is C25H49NO10. The van der Waals surface area contributed by atoms with Crippen LogP contribution in [-0.2, 0) is 48.9 Å². The molecule has 0 saturated carbocycles. The third kappa shape index (κ3) is 13.6. The van der Waals surface area contributed by atoms with Crippen LogP contribution in [0.5, 0.6) is 0 Å². The van der Waals surface area contributed by atoms with Gasteiger partial charge in [0.15, 0.2) is 0 Å². The minimum atomic E-state index is -1.01. The van der Waals surface area contributed by atoms with Crippen LogP contribution in [-0.4, -0.2) is 34.4 Å². The van der Waals surface area contributed by atoms with Crippen LogP contribution < -0.4 is 0 Å². The van der Waals surface area contributed by atoms with E-state index in [9.17, 15) is 0 Å². The van der Waals surface area contributed by atoms with Crippen molar-refractivity contribution >= 4 is 0 Å². The van der Waals surface area contributed by atoms with Crippen LogP contribution in [0.3, 0.4) is 0 Å². The Bertz CT molecular complexity index is 563. The van der Waals surface area contributed by atoms with Crippen molar-refractivity contribution < 1.29 is 48.9 Å². The zero-order chi connectivity index (χ0) is 28.3. The Morgan fingerprint density at radius 3 is 0.917 bits per heavy atom. The Balaban J connectivity index is 0.000000621. The quantitative estimate of drug-likeness (QED) is 0.367. The predicted octanol–water partition coefficient (Wildman–Crippen LogP) is 6.72. The molecule has 214 valence electrons. The molecule has 0 unspecified atom stereocenters. The highest BCUT2D eigenvalue weighted by molar-refractivity contribution is 4.76. The molecular weight excluding hydrogens is 474 g/mol. The normalized spacial score (nSPS) is 34.2. The minimum Gasteiger partial charge on any atom is -0.228 e. The van der Waals surface area contributed by atoms with Crippen molar-refractivity contribution in [1.82, 2.24) is 0 Å². The van der Waals surface area contributed by atoms with E-state index in [1.54, 1.807) is 40.7 Å². The number of nitrogens with zero attached hydrogens (tertiary/aromatic N) is 1. The average molecular weight is 524 g/mol. The van der Waals surface area contributed by atoms with Crippen LogP contribution in [0, 0.1) is 11.3 Å². The highest BCUT2D eigenvalue weighted by atomic mass is 17.4. The van der Waals surface area contributed by atoms with Gasteiger partial charge in [0, 0.05) is 26.2 Å². The molecule has 11 nitrogen and oxygen atoms in total. The van der Waals surface area contributed by atoms with Gasteiger partial charge in [0.05, 0.1) is 17.3 Å². The van der Waals surface area contributed by atoms with Crippen molar-refractivity contribution in [2.45, 2.75) is 156 Å². The maximum Gasteiger partial charge on any atom is 0.231 e. The maximum absolute atomic E-state index is 7.32. The summed E-state index contributed by atoms with van der Waals surface area (Å²) in [6.07, 6.45) is 3.34. The van der Waals surface area contributed by atoms with Gasteiger partial charge >= 0.3 is 0 Å². The van der Waals surface area contributed by atoms with Crippen molar-refractivity contribution in [3.63, 3.8) is 0 Å². The van der Waals surface area contributed by atoms with Gasteiger partial charge in [0.1, 0.15) is 0 Å². The van der Waals surface area contributed by atoms with E-state index in [0.29, 0.717) is 19.3 Å². The molecule has 0 atom stereocenters. The van der Waals surface area contributed by atoms with Gasteiger partial charge in [-0.15, -0.1) is 0 Å². The van der Waals surface area contributed by atoms with Gasteiger partial charge in [-0.1, -0.05) is 20.8 Å². The molecule has 0 radical (unpaired) electrons. The Hall–Kier alpha value is -0.910. The van der Waals surface area contributed by atoms with E-state index in [4.69, 9.17) is 54.1 Å². The van der Waals surface area contributed by atoms with Crippen LogP contribution in [0.15, 0.2) is 0 Å². The van der Waals surface area contributed by atoms with E-state index in [0.717, 1.165) is 12.8 Å². The van der Waals surface area contributed by atoms with E-state index in [2.05, 4.69) is 0 Å². The molecule has 0 spiro atoms. The predicted molar refractivity (Wildman–Crippen MR) is 130 cm³/mol. The van der Waals surface area contributed by atoms with E-state index >= 15 is 0 Å². The van der Waals surface area contributed by atoms with E-state index in [-0.39, 0.29) is 11.2 Å². The lowest BCUT2D eigenvalue weighted by atomic mass is 9.94. The summed E-state index contributed by atoms with van der Waals surface area (Å²) >= 11 is 0.